The summed E-state index contributed by atoms with van der Waals surface area (Å²) in [5, 5.41) is 12.3. The van der Waals surface area contributed by atoms with Crippen molar-refractivity contribution in [1.29, 1.82) is 0 Å². The van der Waals surface area contributed by atoms with Crippen molar-refractivity contribution in [2.24, 2.45) is 0 Å². The van der Waals surface area contributed by atoms with Gasteiger partial charge in [0.1, 0.15) is 0 Å². The van der Waals surface area contributed by atoms with Gasteiger partial charge in [0, 0.05) is 0 Å². The maximum atomic E-state index is 11.3. The zero-order chi connectivity index (χ0) is 8.48. The van der Waals surface area contributed by atoms with Crippen molar-refractivity contribution in [3.63, 3.8) is 0 Å². The van der Waals surface area contributed by atoms with Gasteiger partial charge in [-0.3, -0.25) is 0 Å². The van der Waals surface area contributed by atoms with Crippen LogP contribution >= 0.6 is 0 Å². The van der Waals surface area contributed by atoms with Crippen LogP contribution in [-0.2, 0) is 0 Å². The monoisotopic (exact) mass is 165 g/mol. The fourth-order valence-corrected chi connectivity index (χ4v) is 2.51. The number of hydrogen-bond acceptors (Lipinski definition) is 1. The summed E-state index contributed by atoms with van der Waals surface area (Å²) >= 11 is 0. The summed E-state index contributed by atoms with van der Waals surface area (Å²) < 4.78 is 0. The van der Waals surface area contributed by atoms with E-state index in [4.69, 9.17) is 0 Å². The summed E-state index contributed by atoms with van der Waals surface area (Å²) in [6, 6.07) is 7.34. The molecule has 0 saturated carbocycles. The van der Waals surface area contributed by atoms with E-state index in [1.165, 1.54) is 0 Å². The smallest absolute Gasteiger partial charge is 0.0767 e. The summed E-state index contributed by atoms with van der Waals surface area (Å²) in [6.07, 6.45) is 0. The third-order valence-corrected chi connectivity index (χ3v) is 3.72. The highest BCUT2D eigenvalue weighted by Gasteiger charge is 2.15. The molecule has 0 bridgehead atoms. The average molecular weight is 165 g/mol. The molecule has 11 heavy (non-hydrogen) atoms. The van der Waals surface area contributed by atoms with Gasteiger partial charge in [-0.15, -0.1) is 5.75 Å². The molecule has 0 aliphatic heterocycles. The van der Waals surface area contributed by atoms with E-state index < -0.39 is 8.07 Å². The lowest BCUT2D eigenvalue weighted by molar-refractivity contribution is -0.266. The molecule has 0 aliphatic rings. The second kappa shape index (κ2) is 2.70. The van der Waals surface area contributed by atoms with Gasteiger partial charge in [-0.25, -0.2) is 0 Å². The van der Waals surface area contributed by atoms with Crippen molar-refractivity contribution in [3.8, 4) is 5.75 Å². The minimum Gasteiger partial charge on any atom is -0.873 e. The van der Waals surface area contributed by atoms with Gasteiger partial charge in [0.15, 0.2) is 0 Å². The van der Waals surface area contributed by atoms with E-state index in [-0.39, 0.29) is 5.75 Å². The van der Waals surface area contributed by atoms with E-state index in [2.05, 4.69) is 19.6 Å². The highest BCUT2D eigenvalue weighted by atomic mass is 28.3. The Labute approximate surface area is 68.7 Å². The Hall–Kier alpha value is -0.763. The van der Waals surface area contributed by atoms with Crippen LogP contribution in [0.15, 0.2) is 24.3 Å². The van der Waals surface area contributed by atoms with Crippen LogP contribution in [0.4, 0.5) is 0 Å². The number of hydrogen-bond donors (Lipinski definition) is 0. The fraction of sp³-hybridized carbons (Fsp3) is 0.333. The van der Waals surface area contributed by atoms with Gasteiger partial charge in [0.05, 0.1) is 8.07 Å². The minimum absolute atomic E-state index is 0.201. The molecule has 1 aromatic rings. The first-order valence-electron chi connectivity index (χ1n) is 3.78. The Morgan fingerprint density at radius 3 is 2.00 bits per heavy atom. The molecule has 0 amide bonds. The van der Waals surface area contributed by atoms with Crippen molar-refractivity contribution in [2.75, 3.05) is 0 Å². The molecule has 1 nitrogen and oxygen atoms in total. The van der Waals surface area contributed by atoms with Gasteiger partial charge in [0.2, 0.25) is 0 Å². The molecule has 0 aliphatic carbocycles. The van der Waals surface area contributed by atoms with E-state index in [9.17, 15) is 5.11 Å². The van der Waals surface area contributed by atoms with Crippen molar-refractivity contribution in [2.45, 2.75) is 19.6 Å². The predicted octanol–water partition coefficient (Wildman–Crippen LogP) is 1.31. The summed E-state index contributed by atoms with van der Waals surface area (Å²) in [5.41, 5.74) is 0. The molecule has 0 saturated heterocycles. The molecule has 2 heteroatoms. The van der Waals surface area contributed by atoms with Gasteiger partial charge in [-0.2, -0.15) is 0 Å². The highest BCUT2D eigenvalue weighted by molar-refractivity contribution is 6.89. The maximum absolute atomic E-state index is 11.3. The molecule has 0 heterocycles. The Morgan fingerprint density at radius 2 is 1.64 bits per heavy atom. The summed E-state index contributed by atoms with van der Waals surface area (Å²) in [4.78, 5) is 0. The Morgan fingerprint density at radius 1 is 1.09 bits per heavy atom. The van der Waals surface area contributed by atoms with Crippen LogP contribution in [0.2, 0.25) is 19.6 Å². The molecular formula is C9H13OSi-. The highest BCUT2D eigenvalue weighted by Crippen LogP contribution is 2.08. The van der Waals surface area contributed by atoms with Crippen LogP contribution in [-0.4, -0.2) is 8.07 Å². The molecular weight excluding hydrogens is 152 g/mol. The van der Waals surface area contributed by atoms with Crippen molar-refractivity contribution >= 4 is 13.3 Å². The molecule has 0 radical (unpaired) electrons. The summed E-state index contributed by atoms with van der Waals surface area (Å²) in [5.74, 6) is 0.201. The van der Waals surface area contributed by atoms with Gasteiger partial charge in [-0.05, 0) is 0 Å². The van der Waals surface area contributed by atoms with Crippen LogP contribution in [0, 0.1) is 0 Å². The summed E-state index contributed by atoms with van der Waals surface area (Å²) in [6.45, 7) is 6.55. The van der Waals surface area contributed by atoms with E-state index in [0.29, 0.717) is 0 Å². The molecule has 60 valence electrons. The lowest BCUT2D eigenvalue weighted by Crippen LogP contribution is -2.39. The van der Waals surface area contributed by atoms with Gasteiger partial charge in [0.25, 0.3) is 0 Å². The van der Waals surface area contributed by atoms with Crippen molar-refractivity contribution in [1.82, 2.24) is 0 Å². The second-order valence-electron chi connectivity index (χ2n) is 3.75. The van der Waals surface area contributed by atoms with Crippen molar-refractivity contribution < 1.29 is 5.11 Å². The van der Waals surface area contributed by atoms with Gasteiger partial charge in [-0.1, -0.05) is 49.1 Å². The SMILES string of the molecule is C[Si](C)(C)c1ccccc1[O-]. The van der Waals surface area contributed by atoms with Crippen LogP contribution in [0.3, 0.4) is 0 Å². The van der Waals surface area contributed by atoms with Gasteiger partial charge >= 0.3 is 0 Å². The lowest BCUT2D eigenvalue weighted by Gasteiger charge is -2.23. The third kappa shape index (κ3) is 1.83. The molecule has 0 N–H and O–H groups in total. The molecule has 0 aromatic heterocycles. The lowest BCUT2D eigenvalue weighted by atomic mass is 10.3. The second-order valence-corrected chi connectivity index (χ2v) is 8.78. The summed E-state index contributed by atoms with van der Waals surface area (Å²) in [7, 11) is -1.39. The minimum atomic E-state index is -1.39. The Kier molecular flexibility index (Phi) is 2.05. The van der Waals surface area contributed by atoms with E-state index >= 15 is 0 Å². The zero-order valence-corrected chi connectivity index (χ0v) is 8.22. The zero-order valence-electron chi connectivity index (χ0n) is 7.22. The topological polar surface area (TPSA) is 23.1 Å². The van der Waals surface area contributed by atoms with Gasteiger partial charge < -0.3 is 5.11 Å². The van der Waals surface area contributed by atoms with E-state index in [1.54, 1.807) is 12.1 Å². The number of benzene rings is 1. The van der Waals surface area contributed by atoms with Crippen molar-refractivity contribution in [3.05, 3.63) is 24.3 Å². The number of para-hydroxylation sites is 1. The number of rotatable bonds is 1. The first kappa shape index (κ1) is 8.33. The third-order valence-electron chi connectivity index (χ3n) is 1.70. The fourth-order valence-electron chi connectivity index (χ4n) is 1.09. The maximum Gasteiger partial charge on any atom is 0.0767 e. The quantitative estimate of drug-likeness (QED) is 0.575. The molecule has 0 unspecified atom stereocenters. The Balaban J connectivity index is 3.14. The van der Waals surface area contributed by atoms with Crippen LogP contribution in [0.25, 0.3) is 0 Å². The first-order chi connectivity index (χ1) is 5.02. The standard InChI is InChI=1S/C9H14OSi/c1-11(2,3)9-7-5-4-6-8(9)10/h4-7,10H,1-3H3/p-1. The molecule has 0 fully saturated rings. The average Bonchev–Trinajstić information content (AvgIpc) is 1.86. The molecule has 1 rings (SSSR count). The van der Waals surface area contributed by atoms with Crippen LogP contribution < -0.4 is 10.3 Å². The first-order valence-corrected chi connectivity index (χ1v) is 7.28. The molecule has 0 spiro atoms. The predicted molar refractivity (Wildman–Crippen MR) is 48.9 cm³/mol. The van der Waals surface area contributed by atoms with Crippen LogP contribution in [0.5, 0.6) is 5.75 Å². The van der Waals surface area contributed by atoms with Crippen LogP contribution in [0.1, 0.15) is 0 Å². The normalized spacial score (nSPS) is 11.5. The van der Waals surface area contributed by atoms with E-state index in [1.807, 2.05) is 12.1 Å². The molecule has 0 atom stereocenters. The van der Waals surface area contributed by atoms with E-state index in [0.717, 1.165) is 5.19 Å². The molecule has 1 aromatic carbocycles. The Bertz CT molecular complexity index is 250. The largest absolute Gasteiger partial charge is 0.873 e.